The molecule has 2 unspecified atom stereocenters. The van der Waals surface area contributed by atoms with Gasteiger partial charge < -0.3 is 0 Å². The SMILES string of the molecule is C#CC1OS(=O)(=O)CC1CC. The molecule has 0 aromatic rings. The van der Waals surface area contributed by atoms with Gasteiger partial charge in [-0.15, -0.1) is 6.42 Å². The Hall–Kier alpha value is -0.530. The first-order chi connectivity index (χ1) is 5.09. The van der Waals surface area contributed by atoms with Crippen molar-refractivity contribution < 1.29 is 12.6 Å². The summed E-state index contributed by atoms with van der Waals surface area (Å²) in [7, 11) is -3.31. The molecule has 0 spiro atoms. The van der Waals surface area contributed by atoms with Gasteiger partial charge in [0.25, 0.3) is 10.1 Å². The Morgan fingerprint density at radius 2 is 2.36 bits per heavy atom. The van der Waals surface area contributed by atoms with Crippen molar-refractivity contribution in [2.24, 2.45) is 5.92 Å². The zero-order valence-corrected chi connectivity index (χ0v) is 7.10. The molecule has 1 aliphatic rings. The van der Waals surface area contributed by atoms with Crippen LogP contribution in [-0.4, -0.2) is 20.3 Å². The molecule has 0 aromatic carbocycles. The molecule has 0 aliphatic carbocycles. The van der Waals surface area contributed by atoms with E-state index >= 15 is 0 Å². The van der Waals surface area contributed by atoms with Crippen molar-refractivity contribution >= 4 is 10.1 Å². The molecule has 0 amide bonds. The third kappa shape index (κ3) is 1.73. The van der Waals surface area contributed by atoms with Gasteiger partial charge in [0.1, 0.15) is 6.10 Å². The van der Waals surface area contributed by atoms with Gasteiger partial charge in [0.2, 0.25) is 0 Å². The number of rotatable bonds is 1. The van der Waals surface area contributed by atoms with Crippen LogP contribution in [0.25, 0.3) is 0 Å². The second-order valence-electron chi connectivity index (χ2n) is 2.58. The summed E-state index contributed by atoms with van der Waals surface area (Å²) in [4.78, 5) is 0. The highest BCUT2D eigenvalue weighted by Gasteiger charge is 2.36. The molecular formula is C7H10O3S. The Kier molecular flexibility index (Phi) is 2.21. The molecule has 0 N–H and O–H groups in total. The summed E-state index contributed by atoms with van der Waals surface area (Å²) in [5.74, 6) is 2.36. The van der Waals surface area contributed by atoms with Crippen LogP contribution in [0.4, 0.5) is 0 Å². The first-order valence-corrected chi connectivity index (χ1v) is 5.04. The molecule has 62 valence electrons. The van der Waals surface area contributed by atoms with Crippen molar-refractivity contribution in [3.05, 3.63) is 0 Å². The predicted octanol–water partition coefficient (Wildman–Crippen LogP) is 0.374. The maximum absolute atomic E-state index is 10.9. The van der Waals surface area contributed by atoms with Crippen molar-refractivity contribution in [3.8, 4) is 12.3 Å². The second-order valence-corrected chi connectivity index (χ2v) is 4.22. The van der Waals surface area contributed by atoms with Crippen molar-refractivity contribution in [2.45, 2.75) is 19.4 Å². The van der Waals surface area contributed by atoms with Crippen LogP contribution in [0.15, 0.2) is 0 Å². The average Bonchev–Trinajstić information content (AvgIpc) is 2.25. The van der Waals surface area contributed by atoms with Crippen molar-refractivity contribution in [3.63, 3.8) is 0 Å². The highest BCUT2D eigenvalue weighted by molar-refractivity contribution is 7.86. The van der Waals surface area contributed by atoms with Gasteiger partial charge in [-0.1, -0.05) is 12.8 Å². The Labute approximate surface area is 66.9 Å². The maximum atomic E-state index is 10.9. The lowest BCUT2D eigenvalue weighted by molar-refractivity contribution is 0.244. The molecule has 4 heteroatoms. The summed E-state index contributed by atoms with van der Waals surface area (Å²) < 4.78 is 26.3. The van der Waals surface area contributed by atoms with Gasteiger partial charge in [-0.25, -0.2) is 0 Å². The first-order valence-electron chi connectivity index (χ1n) is 3.46. The second kappa shape index (κ2) is 2.84. The van der Waals surface area contributed by atoms with Crippen LogP contribution >= 0.6 is 0 Å². The Balaban J connectivity index is 2.80. The summed E-state index contributed by atoms with van der Waals surface area (Å²) in [6.07, 6.45) is 5.29. The standard InChI is InChI=1S/C7H10O3S/c1-3-6-5-11(8,9)10-7(6)4-2/h2,6-7H,3,5H2,1H3. The van der Waals surface area contributed by atoms with Crippen LogP contribution < -0.4 is 0 Å². The Bertz CT molecular complexity index is 273. The fraction of sp³-hybridized carbons (Fsp3) is 0.714. The van der Waals surface area contributed by atoms with Crippen LogP contribution in [0, 0.1) is 18.3 Å². The summed E-state index contributed by atoms with van der Waals surface area (Å²) >= 11 is 0. The monoisotopic (exact) mass is 174 g/mol. The lowest BCUT2D eigenvalue weighted by Crippen LogP contribution is -2.13. The normalized spacial score (nSPS) is 34.9. The van der Waals surface area contributed by atoms with Gasteiger partial charge in [0, 0.05) is 5.92 Å². The number of hydrogen-bond acceptors (Lipinski definition) is 3. The van der Waals surface area contributed by atoms with E-state index in [1.165, 1.54) is 0 Å². The molecule has 1 heterocycles. The number of terminal acetylenes is 1. The third-order valence-electron chi connectivity index (χ3n) is 1.79. The van der Waals surface area contributed by atoms with E-state index in [2.05, 4.69) is 10.1 Å². The molecule has 3 nitrogen and oxygen atoms in total. The third-order valence-corrected chi connectivity index (χ3v) is 3.12. The first kappa shape index (κ1) is 8.57. The number of hydrogen-bond donors (Lipinski definition) is 0. The summed E-state index contributed by atoms with van der Waals surface area (Å²) in [6, 6.07) is 0. The molecule has 1 fully saturated rings. The molecule has 0 saturated carbocycles. The van der Waals surface area contributed by atoms with Crippen LogP contribution in [-0.2, 0) is 14.3 Å². The summed E-state index contributed by atoms with van der Waals surface area (Å²) in [5, 5.41) is 0. The van der Waals surface area contributed by atoms with E-state index in [1.807, 2.05) is 6.92 Å². The van der Waals surface area contributed by atoms with E-state index in [4.69, 9.17) is 6.42 Å². The summed E-state index contributed by atoms with van der Waals surface area (Å²) in [6.45, 7) is 1.90. The zero-order valence-electron chi connectivity index (χ0n) is 6.28. The molecule has 1 rings (SSSR count). The van der Waals surface area contributed by atoms with Crippen LogP contribution in [0.5, 0.6) is 0 Å². The molecule has 0 aromatic heterocycles. The van der Waals surface area contributed by atoms with Gasteiger partial charge in [0.05, 0.1) is 5.75 Å². The minimum Gasteiger partial charge on any atom is -0.253 e. The predicted molar refractivity (Wildman–Crippen MR) is 41.3 cm³/mol. The van der Waals surface area contributed by atoms with E-state index in [0.29, 0.717) is 0 Å². The minimum atomic E-state index is -3.31. The van der Waals surface area contributed by atoms with Gasteiger partial charge in [-0.05, 0) is 6.42 Å². The van der Waals surface area contributed by atoms with Crippen LogP contribution in [0.2, 0.25) is 0 Å². The van der Waals surface area contributed by atoms with Gasteiger partial charge >= 0.3 is 0 Å². The van der Waals surface area contributed by atoms with E-state index in [9.17, 15) is 8.42 Å². The van der Waals surface area contributed by atoms with Gasteiger partial charge in [-0.3, -0.25) is 4.18 Å². The lowest BCUT2D eigenvalue weighted by Gasteiger charge is -2.05. The smallest absolute Gasteiger partial charge is 0.253 e. The Morgan fingerprint density at radius 1 is 1.73 bits per heavy atom. The molecule has 0 radical (unpaired) electrons. The average molecular weight is 174 g/mol. The van der Waals surface area contributed by atoms with Crippen LogP contribution in [0.3, 0.4) is 0 Å². The zero-order chi connectivity index (χ0) is 8.48. The highest BCUT2D eigenvalue weighted by Crippen LogP contribution is 2.24. The molecule has 2 atom stereocenters. The molecule has 11 heavy (non-hydrogen) atoms. The largest absolute Gasteiger partial charge is 0.268 e. The Morgan fingerprint density at radius 3 is 2.73 bits per heavy atom. The molecular weight excluding hydrogens is 164 g/mol. The van der Waals surface area contributed by atoms with Gasteiger partial charge in [0.15, 0.2) is 0 Å². The van der Waals surface area contributed by atoms with Crippen molar-refractivity contribution in [1.82, 2.24) is 0 Å². The van der Waals surface area contributed by atoms with Crippen molar-refractivity contribution in [2.75, 3.05) is 5.75 Å². The fourth-order valence-corrected chi connectivity index (χ4v) is 2.66. The molecule has 0 bridgehead atoms. The maximum Gasteiger partial charge on any atom is 0.268 e. The van der Waals surface area contributed by atoms with E-state index in [-0.39, 0.29) is 11.7 Å². The van der Waals surface area contributed by atoms with Crippen molar-refractivity contribution in [1.29, 1.82) is 0 Å². The fourth-order valence-electron chi connectivity index (χ4n) is 1.12. The summed E-state index contributed by atoms with van der Waals surface area (Å²) in [5.41, 5.74) is 0. The van der Waals surface area contributed by atoms with E-state index in [1.54, 1.807) is 0 Å². The lowest BCUT2D eigenvalue weighted by atomic mass is 10.0. The molecule has 1 saturated heterocycles. The quantitative estimate of drug-likeness (QED) is 0.426. The van der Waals surface area contributed by atoms with E-state index in [0.717, 1.165) is 6.42 Å². The van der Waals surface area contributed by atoms with Gasteiger partial charge in [-0.2, -0.15) is 8.42 Å². The molecule has 1 aliphatic heterocycles. The minimum absolute atomic E-state index is 0.0231. The van der Waals surface area contributed by atoms with Crippen LogP contribution in [0.1, 0.15) is 13.3 Å². The topological polar surface area (TPSA) is 43.4 Å². The highest BCUT2D eigenvalue weighted by atomic mass is 32.2. The van der Waals surface area contributed by atoms with E-state index < -0.39 is 16.2 Å².